The lowest BCUT2D eigenvalue weighted by molar-refractivity contribution is -0.131. The summed E-state index contributed by atoms with van der Waals surface area (Å²) in [5.74, 6) is 1.10. The number of morpholine rings is 1. The Morgan fingerprint density at radius 1 is 1.17 bits per heavy atom. The van der Waals surface area contributed by atoms with Crippen molar-refractivity contribution in [1.29, 1.82) is 0 Å². The molecule has 2 fully saturated rings. The second-order valence-electron chi connectivity index (χ2n) is 7.87. The Morgan fingerprint density at radius 2 is 1.87 bits per heavy atom. The van der Waals surface area contributed by atoms with Gasteiger partial charge in [-0.25, -0.2) is 0 Å². The molecule has 0 aliphatic carbocycles. The lowest BCUT2D eigenvalue weighted by Gasteiger charge is -2.37. The molecule has 1 aromatic carbocycles. The van der Waals surface area contributed by atoms with Gasteiger partial charge in [0, 0.05) is 56.9 Å². The van der Waals surface area contributed by atoms with Crippen LogP contribution in [0.4, 0.5) is 0 Å². The van der Waals surface area contributed by atoms with E-state index in [2.05, 4.69) is 29.0 Å². The summed E-state index contributed by atoms with van der Waals surface area (Å²) in [6, 6.07) is 7.92. The van der Waals surface area contributed by atoms with Crippen molar-refractivity contribution in [2.45, 2.75) is 26.3 Å². The molecule has 2 aliphatic heterocycles. The summed E-state index contributed by atoms with van der Waals surface area (Å²) in [6.45, 7) is 12.5. The second-order valence-corrected chi connectivity index (χ2v) is 8.30. The van der Waals surface area contributed by atoms with Crippen LogP contribution in [0.5, 0.6) is 0 Å². The molecule has 2 saturated heterocycles. The Bertz CT molecular complexity index is 715. The standard InChI is InChI=1S/C22H34ClN5O2/c1-3-24-22(25-17-18(2)26-11-13-30-14-12-26)28-9-7-27(8-10-28)21(29)16-19-5-4-6-20(23)15-19/h4-6,15,18H,3,7-14,16-17H2,1-2H3,(H,24,25). The average molecular weight is 436 g/mol. The topological polar surface area (TPSA) is 60.4 Å². The normalized spacial score (nSPS) is 19.6. The largest absolute Gasteiger partial charge is 0.379 e. The minimum atomic E-state index is 0.153. The number of aliphatic imine (C=N–C) groups is 1. The summed E-state index contributed by atoms with van der Waals surface area (Å²) in [4.78, 5) is 24.2. The van der Waals surface area contributed by atoms with Gasteiger partial charge >= 0.3 is 0 Å². The highest BCUT2D eigenvalue weighted by Gasteiger charge is 2.24. The van der Waals surface area contributed by atoms with Crippen molar-refractivity contribution in [2.75, 3.05) is 65.6 Å². The molecule has 2 heterocycles. The summed E-state index contributed by atoms with van der Waals surface area (Å²) in [5.41, 5.74) is 0.960. The van der Waals surface area contributed by atoms with Gasteiger partial charge in [0.1, 0.15) is 0 Å². The highest BCUT2D eigenvalue weighted by molar-refractivity contribution is 6.30. The van der Waals surface area contributed by atoms with Gasteiger partial charge in [-0.15, -0.1) is 0 Å². The summed E-state index contributed by atoms with van der Waals surface area (Å²) in [5, 5.41) is 4.08. The van der Waals surface area contributed by atoms with Crippen molar-refractivity contribution in [1.82, 2.24) is 20.0 Å². The maximum Gasteiger partial charge on any atom is 0.227 e. The monoisotopic (exact) mass is 435 g/mol. The van der Waals surface area contributed by atoms with Crippen molar-refractivity contribution in [3.05, 3.63) is 34.9 Å². The second kappa shape index (κ2) is 11.5. The van der Waals surface area contributed by atoms with Crippen LogP contribution in [-0.2, 0) is 16.0 Å². The zero-order valence-electron chi connectivity index (χ0n) is 18.1. The van der Waals surface area contributed by atoms with E-state index in [0.717, 1.165) is 64.0 Å². The number of hydrogen-bond acceptors (Lipinski definition) is 4. The third kappa shape index (κ3) is 6.59. The van der Waals surface area contributed by atoms with Crippen LogP contribution in [0, 0.1) is 0 Å². The minimum absolute atomic E-state index is 0.153. The molecule has 0 radical (unpaired) electrons. The van der Waals surface area contributed by atoms with Crippen molar-refractivity contribution in [3.8, 4) is 0 Å². The number of hydrogen-bond donors (Lipinski definition) is 1. The van der Waals surface area contributed by atoms with Crippen LogP contribution in [0.1, 0.15) is 19.4 Å². The molecule has 0 aromatic heterocycles. The molecule has 0 saturated carbocycles. The Kier molecular flexibility index (Phi) is 8.78. The van der Waals surface area contributed by atoms with Crippen LogP contribution in [0.25, 0.3) is 0 Å². The molecule has 0 bridgehead atoms. The van der Waals surface area contributed by atoms with Crippen LogP contribution >= 0.6 is 11.6 Å². The SMILES string of the molecule is CCNC(=NCC(C)N1CCOCC1)N1CCN(C(=O)Cc2cccc(Cl)c2)CC1. The summed E-state index contributed by atoms with van der Waals surface area (Å²) in [6.07, 6.45) is 0.395. The molecule has 1 atom stereocenters. The zero-order chi connectivity index (χ0) is 21.3. The van der Waals surface area contributed by atoms with Crippen molar-refractivity contribution < 1.29 is 9.53 Å². The van der Waals surface area contributed by atoms with Gasteiger partial charge in [0.25, 0.3) is 0 Å². The van der Waals surface area contributed by atoms with E-state index >= 15 is 0 Å². The molecule has 3 rings (SSSR count). The van der Waals surface area contributed by atoms with Crippen LogP contribution in [-0.4, -0.2) is 98.2 Å². The molecular weight excluding hydrogens is 402 g/mol. The lowest BCUT2D eigenvalue weighted by Crippen LogP contribution is -2.54. The molecule has 1 unspecified atom stereocenters. The number of carbonyl (C=O) groups is 1. The zero-order valence-corrected chi connectivity index (χ0v) is 18.9. The molecule has 0 spiro atoms. The Hall–Kier alpha value is -1.83. The molecule has 8 heteroatoms. The van der Waals surface area contributed by atoms with Crippen LogP contribution < -0.4 is 5.32 Å². The van der Waals surface area contributed by atoms with Crippen LogP contribution in [0.2, 0.25) is 5.02 Å². The number of ether oxygens (including phenoxy) is 1. The first-order valence-electron chi connectivity index (χ1n) is 10.9. The summed E-state index contributed by atoms with van der Waals surface area (Å²) >= 11 is 6.04. The van der Waals surface area contributed by atoms with Crippen LogP contribution in [0.3, 0.4) is 0 Å². The van der Waals surface area contributed by atoms with Gasteiger partial charge in [-0.2, -0.15) is 0 Å². The van der Waals surface area contributed by atoms with Gasteiger partial charge in [-0.1, -0.05) is 23.7 Å². The molecule has 30 heavy (non-hydrogen) atoms. The van der Waals surface area contributed by atoms with E-state index < -0.39 is 0 Å². The molecule has 2 aliphatic rings. The number of rotatable bonds is 6. The number of nitrogens with zero attached hydrogens (tertiary/aromatic N) is 4. The maximum atomic E-state index is 12.7. The average Bonchev–Trinajstić information content (AvgIpc) is 2.77. The number of guanidine groups is 1. The number of nitrogens with one attached hydrogen (secondary N) is 1. The number of carbonyl (C=O) groups excluding carboxylic acids is 1. The Balaban J connectivity index is 1.51. The fraction of sp³-hybridized carbons (Fsp3) is 0.636. The van der Waals surface area contributed by atoms with E-state index in [0.29, 0.717) is 30.6 Å². The lowest BCUT2D eigenvalue weighted by atomic mass is 10.1. The van der Waals surface area contributed by atoms with Crippen molar-refractivity contribution >= 4 is 23.5 Å². The van der Waals surface area contributed by atoms with Crippen molar-refractivity contribution in [2.24, 2.45) is 4.99 Å². The first kappa shape index (κ1) is 22.8. The first-order chi connectivity index (χ1) is 14.6. The molecule has 7 nitrogen and oxygen atoms in total. The molecule has 166 valence electrons. The van der Waals surface area contributed by atoms with E-state index in [1.54, 1.807) is 0 Å². The van der Waals surface area contributed by atoms with E-state index in [9.17, 15) is 4.79 Å². The molecule has 1 amide bonds. The highest BCUT2D eigenvalue weighted by atomic mass is 35.5. The summed E-state index contributed by atoms with van der Waals surface area (Å²) < 4.78 is 5.45. The Labute approximate surface area is 185 Å². The van der Waals surface area contributed by atoms with Crippen LogP contribution in [0.15, 0.2) is 29.3 Å². The number of piperazine rings is 1. The predicted octanol–water partition coefficient (Wildman–Crippen LogP) is 1.71. The molecule has 1 aromatic rings. The third-order valence-corrected chi connectivity index (χ3v) is 5.92. The third-order valence-electron chi connectivity index (χ3n) is 5.69. The van der Waals surface area contributed by atoms with E-state index in [-0.39, 0.29) is 5.91 Å². The maximum absolute atomic E-state index is 12.7. The number of halogens is 1. The van der Waals surface area contributed by atoms with Gasteiger partial charge in [-0.3, -0.25) is 14.7 Å². The quantitative estimate of drug-likeness (QED) is 0.544. The van der Waals surface area contributed by atoms with Crippen molar-refractivity contribution in [3.63, 3.8) is 0 Å². The molecular formula is C22H34ClN5O2. The van der Waals surface area contributed by atoms with E-state index in [1.807, 2.05) is 29.2 Å². The van der Waals surface area contributed by atoms with Gasteiger partial charge in [0.2, 0.25) is 5.91 Å². The van der Waals surface area contributed by atoms with E-state index in [4.69, 9.17) is 21.3 Å². The minimum Gasteiger partial charge on any atom is -0.379 e. The van der Waals surface area contributed by atoms with Gasteiger partial charge in [0.15, 0.2) is 5.96 Å². The highest BCUT2D eigenvalue weighted by Crippen LogP contribution is 2.13. The predicted molar refractivity (Wildman–Crippen MR) is 121 cm³/mol. The van der Waals surface area contributed by atoms with E-state index in [1.165, 1.54) is 0 Å². The first-order valence-corrected chi connectivity index (χ1v) is 11.3. The fourth-order valence-corrected chi connectivity index (χ4v) is 4.09. The fourth-order valence-electron chi connectivity index (χ4n) is 3.88. The number of benzene rings is 1. The van der Waals surface area contributed by atoms with Gasteiger partial charge in [0.05, 0.1) is 26.2 Å². The molecule has 1 N–H and O–H groups in total. The summed E-state index contributed by atoms with van der Waals surface area (Å²) in [7, 11) is 0. The smallest absolute Gasteiger partial charge is 0.227 e. The van der Waals surface area contributed by atoms with Gasteiger partial charge in [-0.05, 0) is 31.5 Å². The van der Waals surface area contributed by atoms with Gasteiger partial charge < -0.3 is 19.9 Å². The Morgan fingerprint density at radius 3 is 2.53 bits per heavy atom. The number of amides is 1.